The molecule has 0 bridgehead atoms. The smallest absolute Gasteiger partial charge is 0.280 e. The summed E-state index contributed by atoms with van der Waals surface area (Å²) in [5, 5.41) is 6.28. The fraction of sp³-hybridized carbons (Fsp3) is 0.375. The van der Waals surface area contributed by atoms with E-state index < -0.39 is 26.6 Å². The third-order valence-corrected chi connectivity index (χ3v) is 6.18. The number of benzene rings is 1. The number of aryl methyl sites for hydroxylation is 1. The number of sulfonamides is 1. The number of nitrogens with zero attached hydrogens (tertiary/aromatic N) is 2. The first-order chi connectivity index (χ1) is 12.8. The van der Waals surface area contributed by atoms with Crippen LogP contribution in [-0.2, 0) is 14.8 Å². The van der Waals surface area contributed by atoms with Crippen LogP contribution in [0.3, 0.4) is 0 Å². The maximum Gasteiger partial charge on any atom is 0.280 e. The van der Waals surface area contributed by atoms with Gasteiger partial charge in [-0.25, -0.2) is 17.2 Å². The highest BCUT2D eigenvalue weighted by atomic mass is 32.2. The highest BCUT2D eigenvalue weighted by Crippen LogP contribution is 2.20. The molecule has 0 radical (unpaired) electrons. The molecule has 2 heterocycles. The van der Waals surface area contributed by atoms with Gasteiger partial charge in [0.05, 0.1) is 26.2 Å². The molecule has 2 aromatic rings. The van der Waals surface area contributed by atoms with E-state index in [1.807, 2.05) is 0 Å². The molecule has 8 nitrogen and oxygen atoms in total. The van der Waals surface area contributed by atoms with Crippen LogP contribution in [-0.4, -0.2) is 56.5 Å². The molecule has 1 aliphatic heterocycles. The number of carbonyl (C=O) groups is 1. The molecule has 0 spiro atoms. The van der Waals surface area contributed by atoms with E-state index in [1.165, 1.54) is 0 Å². The van der Waals surface area contributed by atoms with Crippen molar-refractivity contribution in [2.45, 2.75) is 11.8 Å². The summed E-state index contributed by atoms with van der Waals surface area (Å²) in [6, 6.07) is 3.97. The van der Waals surface area contributed by atoms with Crippen LogP contribution in [0.5, 0.6) is 0 Å². The Bertz CT molecular complexity index is 940. The average Bonchev–Trinajstić information content (AvgIpc) is 2.99. The molecule has 1 aromatic heterocycles. The SMILES string of the molecule is Cc1cc(NC(=O)C[NH+]2CCN(S(=O)(=O)c3ccc(F)cc3F)CC2)no1. The Hall–Kier alpha value is -2.37. The molecule has 1 aliphatic rings. The van der Waals surface area contributed by atoms with Crippen molar-refractivity contribution in [1.82, 2.24) is 9.46 Å². The zero-order valence-electron chi connectivity index (χ0n) is 14.5. The summed E-state index contributed by atoms with van der Waals surface area (Å²) in [7, 11) is -4.05. The van der Waals surface area contributed by atoms with Crippen LogP contribution in [0.2, 0.25) is 0 Å². The Balaban J connectivity index is 1.57. The van der Waals surface area contributed by atoms with E-state index in [0.717, 1.165) is 21.3 Å². The van der Waals surface area contributed by atoms with Gasteiger partial charge < -0.3 is 14.7 Å². The number of carbonyl (C=O) groups excluding carboxylic acids is 1. The lowest BCUT2D eigenvalue weighted by atomic mass is 10.3. The predicted molar refractivity (Wildman–Crippen MR) is 90.6 cm³/mol. The van der Waals surface area contributed by atoms with E-state index in [-0.39, 0.29) is 25.5 Å². The molecule has 0 saturated carbocycles. The Labute approximate surface area is 154 Å². The molecule has 3 rings (SSSR count). The van der Waals surface area contributed by atoms with Gasteiger partial charge in [0.15, 0.2) is 12.4 Å². The normalized spacial score (nSPS) is 16.4. The summed E-state index contributed by atoms with van der Waals surface area (Å²) >= 11 is 0. The van der Waals surface area contributed by atoms with Crippen LogP contribution >= 0.6 is 0 Å². The number of nitrogens with one attached hydrogen (secondary N) is 2. The molecule has 0 unspecified atom stereocenters. The minimum absolute atomic E-state index is 0.130. The fourth-order valence-electron chi connectivity index (χ4n) is 2.88. The third kappa shape index (κ3) is 4.49. The summed E-state index contributed by atoms with van der Waals surface area (Å²) in [5.41, 5.74) is 0. The van der Waals surface area contributed by atoms with Crippen LogP contribution in [0, 0.1) is 18.6 Å². The van der Waals surface area contributed by atoms with Crippen LogP contribution in [0.4, 0.5) is 14.6 Å². The molecule has 11 heteroatoms. The van der Waals surface area contributed by atoms with Crippen LogP contribution in [0.1, 0.15) is 5.76 Å². The number of rotatable bonds is 5. The quantitative estimate of drug-likeness (QED) is 0.723. The monoisotopic (exact) mass is 401 g/mol. The first kappa shape index (κ1) is 19.4. The second-order valence-electron chi connectivity index (χ2n) is 6.28. The summed E-state index contributed by atoms with van der Waals surface area (Å²) < 4.78 is 58.0. The first-order valence-electron chi connectivity index (χ1n) is 8.27. The van der Waals surface area contributed by atoms with Crippen molar-refractivity contribution in [2.24, 2.45) is 0 Å². The largest absolute Gasteiger partial charge is 0.360 e. The number of hydrogen-bond acceptors (Lipinski definition) is 5. The summed E-state index contributed by atoms with van der Waals surface area (Å²) in [6.07, 6.45) is 0. The molecule has 1 aromatic carbocycles. The molecule has 2 N–H and O–H groups in total. The van der Waals surface area contributed by atoms with Crippen molar-refractivity contribution in [3.63, 3.8) is 0 Å². The molecule has 1 fully saturated rings. The molecule has 1 amide bonds. The topological polar surface area (TPSA) is 97.0 Å². The van der Waals surface area contributed by atoms with E-state index in [9.17, 15) is 22.0 Å². The molecule has 0 aliphatic carbocycles. The van der Waals surface area contributed by atoms with Gasteiger partial charge in [-0.2, -0.15) is 4.31 Å². The second-order valence-corrected chi connectivity index (χ2v) is 8.18. The second kappa shape index (κ2) is 7.71. The van der Waals surface area contributed by atoms with Crippen molar-refractivity contribution in [1.29, 1.82) is 0 Å². The Morgan fingerprint density at radius 1 is 1.30 bits per heavy atom. The van der Waals surface area contributed by atoms with Crippen molar-refractivity contribution in [2.75, 3.05) is 38.0 Å². The van der Waals surface area contributed by atoms with Gasteiger partial charge in [0.1, 0.15) is 22.3 Å². The van der Waals surface area contributed by atoms with Gasteiger partial charge in [-0.05, 0) is 19.1 Å². The standard InChI is InChI=1S/C16H18F2N4O4S/c1-11-8-15(20-26-11)19-16(23)10-21-4-6-22(7-5-21)27(24,25)14-3-2-12(17)9-13(14)18/h2-3,8-9H,4-7,10H2,1H3,(H,19,20,23)/p+1. The van der Waals surface area contributed by atoms with Crippen LogP contribution < -0.4 is 10.2 Å². The van der Waals surface area contributed by atoms with E-state index in [0.29, 0.717) is 30.7 Å². The van der Waals surface area contributed by atoms with E-state index in [4.69, 9.17) is 4.52 Å². The van der Waals surface area contributed by atoms with Gasteiger partial charge in [0.2, 0.25) is 10.0 Å². The number of piperazine rings is 1. The maximum atomic E-state index is 13.8. The van der Waals surface area contributed by atoms with Crippen molar-refractivity contribution in [3.05, 3.63) is 41.7 Å². The van der Waals surface area contributed by atoms with Gasteiger partial charge in [-0.3, -0.25) is 4.79 Å². The Morgan fingerprint density at radius 3 is 2.59 bits per heavy atom. The van der Waals surface area contributed by atoms with Crippen molar-refractivity contribution in [3.8, 4) is 0 Å². The lowest BCUT2D eigenvalue weighted by molar-refractivity contribution is -0.895. The minimum Gasteiger partial charge on any atom is -0.360 e. The van der Waals surface area contributed by atoms with Crippen molar-refractivity contribution < 1.29 is 31.4 Å². The number of quaternary nitrogens is 1. The third-order valence-electron chi connectivity index (χ3n) is 4.25. The molecular formula is C16H19F2N4O4S+. The highest BCUT2D eigenvalue weighted by Gasteiger charge is 2.33. The highest BCUT2D eigenvalue weighted by molar-refractivity contribution is 7.89. The number of halogens is 2. The lowest BCUT2D eigenvalue weighted by Crippen LogP contribution is -3.15. The van der Waals surface area contributed by atoms with Gasteiger partial charge in [0, 0.05) is 12.1 Å². The summed E-state index contributed by atoms with van der Waals surface area (Å²) in [5.74, 6) is -1.32. The molecular weight excluding hydrogens is 382 g/mol. The fourth-order valence-corrected chi connectivity index (χ4v) is 4.37. The summed E-state index contributed by atoms with van der Waals surface area (Å²) in [4.78, 5) is 12.4. The van der Waals surface area contributed by atoms with E-state index in [1.54, 1.807) is 13.0 Å². The van der Waals surface area contributed by atoms with Crippen LogP contribution in [0.15, 0.2) is 33.7 Å². The molecule has 1 saturated heterocycles. The Morgan fingerprint density at radius 2 is 2.00 bits per heavy atom. The number of hydrogen-bond donors (Lipinski definition) is 2. The van der Waals surface area contributed by atoms with Gasteiger partial charge in [-0.1, -0.05) is 5.16 Å². The van der Waals surface area contributed by atoms with Gasteiger partial charge in [0.25, 0.3) is 5.91 Å². The van der Waals surface area contributed by atoms with E-state index >= 15 is 0 Å². The van der Waals surface area contributed by atoms with E-state index in [2.05, 4.69) is 10.5 Å². The molecule has 146 valence electrons. The predicted octanol–water partition coefficient (Wildman–Crippen LogP) is -0.211. The van der Waals surface area contributed by atoms with Gasteiger partial charge in [-0.15, -0.1) is 0 Å². The zero-order valence-corrected chi connectivity index (χ0v) is 15.4. The van der Waals surface area contributed by atoms with Gasteiger partial charge >= 0.3 is 0 Å². The number of aromatic nitrogens is 1. The molecule has 27 heavy (non-hydrogen) atoms. The molecule has 0 atom stereocenters. The Kier molecular flexibility index (Phi) is 5.53. The number of anilines is 1. The average molecular weight is 401 g/mol. The first-order valence-corrected chi connectivity index (χ1v) is 9.71. The maximum absolute atomic E-state index is 13.8. The number of amides is 1. The van der Waals surface area contributed by atoms with Crippen LogP contribution in [0.25, 0.3) is 0 Å². The minimum atomic E-state index is -4.05. The summed E-state index contributed by atoms with van der Waals surface area (Å²) in [6.45, 7) is 2.87. The lowest BCUT2D eigenvalue weighted by Gasteiger charge is -2.31. The zero-order chi connectivity index (χ0) is 19.6. The van der Waals surface area contributed by atoms with Crippen molar-refractivity contribution >= 4 is 21.7 Å².